The summed E-state index contributed by atoms with van der Waals surface area (Å²) in [7, 11) is 0. The predicted molar refractivity (Wildman–Crippen MR) is 61.5 cm³/mol. The van der Waals surface area contributed by atoms with Gasteiger partial charge < -0.3 is 5.73 Å². The molecule has 0 bridgehead atoms. The first kappa shape index (κ1) is 8.17. The molecule has 15 heavy (non-hydrogen) atoms. The van der Waals surface area contributed by atoms with Gasteiger partial charge in [0, 0.05) is 17.0 Å². The van der Waals surface area contributed by atoms with Gasteiger partial charge >= 0.3 is 0 Å². The first-order valence-corrected chi connectivity index (χ1v) is 4.75. The zero-order valence-corrected chi connectivity index (χ0v) is 8.01. The quantitative estimate of drug-likeness (QED) is 0.560. The number of anilines is 1. The number of nitrogen functional groups attached to an aromatic ring is 1. The van der Waals surface area contributed by atoms with E-state index in [9.17, 15) is 0 Å². The van der Waals surface area contributed by atoms with Gasteiger partial charge in [-0.1, -0.05) is 18.2 Å². The molecule has 3 nitrogen and oxygen atoms in total. The lowest BCUT2D eigenvalue weighted by atomic mass is 10.1. The molecular weight excluding hydrogens is 186 g/mol. The summed E-state index contributed by atoms with van der Waals surface area (Å²) in [5.74, 6) is 0.539. The molecule has 72 valence electrons. The Labute approximate surface area is 86.6 Å². The summed E-state index contributed by atoms with van der Waals surface area (Å²) < 4.78 is 0. The SMILES string of the molecule is Nc1nc2ccccc2c2ncccc12. The average Bonchev–Trinajstić information content (AvgIpc) is 2.30. The third kappa shape index (κ3) is 1.13. The minimum absolute atomic E-state index is 0.539. The van der Waals surface area contributed by atoms with Crippen molar-refractivity contribution in [2.75, 3.05) is 5.73 Å². The van der Waals surface area contributed by atoms with E-state index in [4.69, 9.17) is 5.73 Å². The Morgan fingerprint density at radius 2 is 1.73 bits per heavy atom. The first-order chi connectivity index (χ1) is 7.36. The molecule has 0 aliphatic carbocycles. The molecule has 2 N–H and O–H groups in total. The summed E-state index contributed by atoms with van der Waals surface area (Å²) in [6, 6.07) is 11.7. The number of nitrogens with two attached hydrogens (primary N) is 1. The van der Waals surface area contributed by atoms with E-state index in [2.05, 4.69) is 9.97 Å². The van der Waals surface area contributed by atoms with Crippen LogP contribution >= 0.6 is 0 Å². The van der Waals surface area contributed by atoms with E-state index < -0.39 is 0 Å². The number of nitrogens with zero attached hydrogens (tertiary/aromatic N) is 2. The highest BCUT2D eigenvalue weighted by atomic mass is 14.8. The van der Waals surface area contributed by atoms with Gasteiger partial charge in [0.25, 0.3) is 0 Å². The van der Waals surface area contributed by atoms with Crippen LogP contribution < -0.4 is 5.73 Å². The van der Waals surface area contributed by atoms with Crippen LogP contribution in [0.4, 0.5) is 5.82 Å². The van der Waals surface area contributed by atoms with Crippen molar-refractivity contribution in [2.45, 2.75) is 0 Å². The van der Waals surface area contributed by atoms with Gasteiger partial charge in [-0.25, -0.2) is 4.98 Å². The third-order valence-corrected chi connectivity index (χ3v) is 2.48. The summed E-state index contributed by atoms with van der Waals surface area (Å²) in [4.78, 5) is 8.69. The second-order valence-electron chi connectivity index (χ2n) is 3.41. The van der Waals surface area contributed by atoms with Crippen LogP contribution in [0.1, 0.15) is 0 Å². The smallest absolute Gasteiger partial charge is 0.133 e. The molecule has 0 radical (unpaired) electrons. The number of para-hydroxylation sites is 1. The molecule has 3 heteroatoms. The number of aromatic nitrogens is 2. The number of rotatable bonds is 0. The molecule has 0 saturated heterocycles. The minimum Gasteiger partial charge on any atom is -0.383 e. The van der Waals surface area contributed by atoms with Crippen molar-refractivity contribution in [3.05, 3.63) is 42.6 Å². The molecule has 3 aromatic rings. The van der Waals surface area contributed by atoms with Crippen LogP contribution in [0.2, 0.25) is 0 Å². The van der Waals surface area contributed by atoms with Crippen molar-refractivity contribution in [1.29, 1.82) is 0 Å². The second-order valence-corrected chi connectivity index (χ2v) is 3.41. The molecule has 0 saturated carbocycles. The normalized spacial score (nSPS) is 10.9. The zero-order valence-electron chi connectivity index (χ0n) is 8.01. The predicted octanol–water partition coefficient (Wildman–Crippen LogP) is 2.37. The summed E-state index contributed by atoms with van der Waals surface area (Å²) >= 11 is 0. The average molecular weight is 195 g/mol. The van der Waals surface area contributed by atoms with Gasteiger partial charge in [-0.15, -0.1) is 0 Å². The van der Waals surface area contributed by atoms with Crippen molar-refractivity contribution in [2.24, 2.45) is 0 Å². The summed E-state index contributed by atoms with van der Waals surface area (Å²) in [5.41, 5.74) is 7.68. The lowest BCUT2D eigenvalue weighted by Gasteiger charge is -2.04. The largest absolute Gasteiger partial charge is 0.383 e. The van der Waals surface area contributed by atoms with Crippen LogP contribution in [-0.2, 0) is 0 Å². The molecule has 0 aliphatic rings. The van der Waals surface area contributed by atoms with Crippen molar-refractivity contribution < 1.29 is 0 Å². The lowest BCUT2D eigenvalue weighted by molar-refractivity contribution is 1.38. The van der Waals surface area contributed by atoms with Gasteiger partial charge in [0.05, 0.1) is 11.0 Å². The van der Waals surface area contributed by atoms with Crippen LogP contribution in [0.5, 0.6) is 0 Å². The van der Waals surface area contributed by atoms with E-state index in [1.807, 2.05) is 36.4 Å². The van der Waals surface area contributed by atoms with Crippen molar-refractivity contribution in [1.82, 2.24) is 9.97 Å². The fraction of sp³-hybridized carbons (Fsp3) is 0. The fourth-order valence-electron chi connectivity index (χ4n) is 1.79. The fourth-order valence-corrected chi connectivity index (χ4v) is 1.79. The van der Waals surface area contributed by atoms with Crippen molar-refractivity contribution in [3.8, 4) is 0 Å². The highest BCUT2D eigenvalue weighted by Gasteiger charge is 2.05. The van der Waals surface area contributed by atoms with Crippen LogP contribution in [0, 0.1) is 0 Å². The van der Waals surface area contributed by atoms with Crippen LogP contribution in [0.25, 0.3) is 21.8 Å². The molecule has 0 spiro atoms. The molecule has 0 fully saturated rings. The molecule has 0 unspecified atom stereocenters. The molecule has 0 aliphatic heterocycles. The molecule has 0 atom stereocenters. The van der Waals surface area contributed by atoms with Gasteiger partial charge in [-0.2, -0.15) is 0 Å². The third-order valence-electron chi connectivity index (χ3n) is 2.48. The van der Waals surface area contributed by atoms with Crippen molar-refractivity contribution >= 4 is 27.6 Å². The zero-order chi connectivity index (χ0) is 10.3. The maximum Gasteiger partial charge on any atom is 0.133 e. The number of hydrogen-bond donors (Lipinski definition) is 1. The summed E-state index contributed by atoms with van der Waals surface area (Å²) in [6.07, 6.45) is 1.77. The van der Waals surface area contributed by atoms with Crippen LogP contribution in [-0.4, -0.2) is 9.97 Å². The molecule has 2 aromatic heterocycles. The Balaban J connectivity index is 2.64. The van der Waals surface area contributed by atoms with Gasteiger partial charge in [0.15, 0.2) is 0 Å². The number of pyridine rings is 2. The molecular formula is C12H9N3. The molecule has 0 amide bonds. The Morgan fingerprint density at radius 1 is 0.933 bits per heavy atom. The Bertz CT molecular complexity index is 646. The number of hydrogen-bond acceptors (Lipinski definition) is 3. The maximum absolute atomic E-state index is 5.87. The molecule has 3 rings (SSSR count). The van der Waals surface area contributed by atoms with E-state index in [1.54, 1.807) is 6.20 Å². The first-order valence-electron chi connectivity index (χ1n) is 4.75. The highest BCUT2D eigenvalue weighted by molar-refractivity contribution is 6.07. The summed E-state index contributed by atoms with van der Waals surface area (Å²) in [6.45, 7) is 0. The monoisotopic (exact) mass is 195 g/mol. The number of fused-ring (bicyclic) bond motifs is 3. The van der Waals surface area contributed by atoms with Gasteiger partial charge in [-0.3, -0.25) is 4.98 Å². The Hall–Kier alpha value is -2.16. The van der Waals surface area contributed by atoms with Crippen LogP contribution in [0.3, 0.4) is 0 Å². The van der Waals surface area contributed by atoms with Gasteiger partial charge in [0.2, 0.25) is 0 Å². The topological polar surface area (TPSA) is 51.8 Å². The van der Waals surface area contributed by atoms with Crippen molar-refractivity contribution in [3.63, 3.8) is 0 Å². The van der Waals surface area contributed by atoms with E-state index in [0.717, 1.165) is 21.8 Å². The minimum atomic E-state index is 0.539. The molecule has 1 aromatic carbocycles. The van der Waals surface area contributed by atoms with E-state index in [-0.39, 0.29) is 0 Å². The molecule has 2 heterocycles. The van der Waals surface area contributed by atoms with E-state index in [0.29, 0.717) is 5.82 Å². The lowest BCUT2D eigenvalue weighted by Crippen LogP contribution is -1.94. The second kappa shape index (κ2) is 2.92. The Morgan fingerprint density at radius 3 is 2.67 bits per heavy atom. The maximum atomic E-state index is 5.87. The summed E-state index contributed by atoms with van der Waals surface area (Å²) in [5, 5.41) is 1.96. The van der Waals surface area contributed by atoms with Crippen LogP contribution in [0.15, 0.2) is 42.6 Å². The van der Waals surface area contributed by atoms with E-state index >= 15 is 0 Å². The van der Waals surface area contributed by atoms with Gasteiger partial charge in [0.1, 0.15) is 5.82 Å². The number of benzene rings is 1. The van der Waals surface area contributed by atoms with E-state index in [1.165, 1.54) is 0 Å². The highest BCUT2D eigenvalue weighted by Crippen LogP contribution is 2.25. The standard InChI is InChI=1S/C12H9N3/c13-12-9-5-3-7-14-11(9)8-4-1-2-6-10(8)15-12/h1-7H,(H2,13,15). The Kier molecular flexibility index (Phi) is 1.59. The van der Waals surface area contributed by atoms with Gasteiger partial charge in [-0.05, 0) is 18.2 Å².